The van der Waals surface area contributed by atoms with Crippen molar-refractivity contribution in [1.29, 1.82) is 0 Å². The zero-order valence-corrected chi connectivity index (χ0v) is 8.89. The number of nitrogens with one attached hydrogen (secondary N) is 1. The Morgan fingerprint density at radius 2 is 2.27 bits per heavy atom. The maximum atomic E-state index is 4.12. The number of hydrogen-bond acceptors (Lipinski definition) is 4. The van der Waals surface area contributed by atoms with Crippen molar-refractivity contribution in [3.63, 3.8) is 0 Å². The van der Waals surface area contributed by atoms with Crippen molar-refractivity contribution >= 4 is 0 Å². The van der Waals surface area contributed by atoms with Crippen LogP contribution < -0.4 is 5.32 Å². The van der Waals surface area contributed by atoms with Crippen LogP contribution in [0.1, 0.15) is 31.5 Å². The summed E-state index contributed by atoms with van der Waals surface area (Å²) < 4.78 is 2.00. The molecule has 5 nitrogen and oxygen atoms in total. The molecule has 1 aliphatic heterocycles. The first-order chi connectivity index (χ1) is 7.42. The Bertz CT molecular complexity index is 324. The second kappa shape index (κ2) is 3.89. The molecule has 1 aliphatic carbocycles. The van der Waals surface area contributed by atoms with Crippen LogP contribution in [0, 0.1) is 5.92 Å². The van der Waals surface area contributed by atoms with Crippen molar-refractivity contribution in [3.8, 4) is 0 Å². The van der Waals surface area contributed by atoms with Gasteiger partial charge in [0.2, 0.25) is 0 Å². The summed E-state index contributed by atoms with van der Waals surface area (Å²) in [5.41, 5.74) is 0. The van der Waals surface area contributed by atoms with Gasteiger partial charge < -0.3 is 5.32 Å². The molecule has 82 valence electrons. The molecule has 0 aromatic carbocycles. The van der Waals surface area contributed by atoms with Gasteiger partial charge in [0.25, 0.3) is 0 Å². The van der Waals surface area contributed by atoms with E-state index < -0.39 is 0 Å². The molecule has 0 spiro atoms. The van der Waals surface area contributed by atoms with Crippen LogP contribution in [0.5, 0.6) is 0 Å². The van der Waals surface area contributed by atoms with E-state index in [-0.39, 0.29) is 0 Å². The molecular weight excluding hydrogens is 190 g/mol. The highest BCUT2D eigenvalue weighted by Crippen LogP contribution is 2.30. The molecule has 0 radical (unpaired) electrons. The molecule has 15 heavy (non-hydrogen) atoms. The van der Waals surface area contributed by atoms with Gasteiger partial charge in [0.05, 0.1) is 0 Å². The molecule has 2 aliphatic rings. The van der Waals surface area contributed by atoms with Crippen LogP contribution in [0.25, 0.3) is 0 Å². The molecule has 2 fully saturated rings. The largest absolute Gasteiger partial charge is 0.314 e. The first kappa shape index (κ1) is 9.27. The zero-order chi connectivity index (χ0) is 10.1. The lowest BCUT2D eigenvalue weighted by Crippen LogP contribution is -2.25. The summed E-state index contributed by atoms with van der Waals surface area (Å²) in [5, 5.41) is 15.5. The van der Waals surface area contributed by atoms with Crippen molar-refractivity contribution in [1.82, 2.24) is 25.5 Å². The first-order valence-electron chi connectivity index (χ1n) is 5.90. The van der Waals surface area contributed by atoms with E-state index in [1.807, 2.05) is 4.68 Å². The number of aromatic nitrogens is 4. The Balaban J connectivity index is 1.64. The molecule has 3 rings (SSSR count). The molecule has 1 aromatic heterocycles. The molecule has 1 unspecified atom stereocenters. The minimum Gasteiger partial charge on any atom is -0.314 e. The standard InChI is InChI=1S/C10H17N5/c1-2-9(11-5-1)6-10-12-13-14-15(10)7-8-3-4-8/h8-9,11H,1-7H2. The van der Waals surface area contributed by atoms with E-state index in [2.05, 4.69) is 20.8 Å². The monoisotopic (exact) mass is 207 g/mol. The lowest BCUT2D eigenvalue weighted by Gasteiger charge is -2.09. The van der Waals surface area contributed by atoms with Crippen LogP contribution in [0.4, 0.5) is 0 Å². The fourth-order valence-electron chi connectivity index (χ4n) is 2.21. The van der Waals surface area contributed by atoms with E-state index in [1.165, 1.54) is 25.7 Å². The Hall–Kier alpha value is -0.970. The van der Waals surface area contributed by atoms with Crippen LogP contribution in [0.2, 0.25) is 0 Å². The third-order valence-electron chi connectivity index (χ3n) is 3.33. The van der Waals surface area contributed by atoms with Crippen LogP contribution in [-0.4, -0.2) is 32.8 Å². The summed E-state index contributed by atoms with van der Waals surface area (Å²) in [5.74, 6) is 1.89. The predicted molar refractivity (Wildman–Crippen MR) is 55.3 cm³/mol. The van der Waals surface area contributed by atoms with Gasteiger partial charge in [-0.15, -0.1) is 5.10 Å². The van der Waals surface area contributed by atoms with Gasteiger partial charge in [0, 0.05) is 19.0 Å². The van der Waals surface area contributed by atoms with E-state index in [4.69, 9.17) is 0 Å². The van der Waals surface area contributed by atoms with Crippen LogP contribution in [0.3, 0.4) is 0 Å². The lowest BCUT2D eigenvalue weighted by molar-refractivity contribution is 0.497. The highest BCUT2D eigenvalue weighted by Gasteiger charge is 2.25. The van der Waals surface area contributed by atoms with Crippen molar-refractivity contribution in [2.45, 2.75) is 44.7 Å². The fraction of sp³-hybridized carbons (Fsp3) is 0.900. The molecular formula is C10H17N5. The van der Waals surface area contributed by atoms with Crippen LogP contribution >= 0.6 is 0 Å². The summed E-state index contributed by atoms with van der Waals surface area (Å²) in [6, 6.07) is 0.592. The summed E-state index contributed by atoms with van der Waals surface area (Å²) in [6.07, 6.45) is 6.23. The van der Waals surface area contributed by atoms with E-state index in [0.29, 0.717) is 6.04 Å². The molecule has 5 heteroatoms. The van der Waals surface area contributed by atoms with E-state index in [0.717, 1.165) is 31.3 Å². The molecule has 1 aromatic rings. The van der Waals surface area contributed by atoms with Gasteiger partial charge in [-0.05, 0) is 48.6 Å². The van der Waals surface area contributed by atoms with Gasteiger partial charge in [-0.25, -0.2) is 4.68 Å². The van der Waals surface area contributed by atoms with Gasteiger partial charge in [-0.3, -0.25) is 0 Å². The van der Waals surface area contributed by atoms with Gasteiger partial charge in [0.1, 0.15) is 0 Å². The topological polar surface area (TPSA) is 55.6 Å². The van der Waals surface area contributed by atoms with Crippen molar-refractivity contribution in [3.05, 3.63) is 5.82 Å². The Morgan fingerprint density at radius 1 is 1.33 bits per heavy atom. The predicted octanol–water partition coefficient (Wildman–Crippen LogP) is 0.378. The minimum atomic E-state index is 0.592. The molecule has 0 bridgehead atoms. The average Bonchev–Trinajstić information content (AvgIpc) is 2.75. The van der Waals surface area contributed by atoms with E-state index in [9.17, 15) is 0 Å². The third kappa shape index (κ3) is 2.17. The second-order valence-corrected chi connectivity index (χ2v) is 4.72. The number of hydrogen-bond donors (Lipinski definition) is 1. The highest BCUT2D eigenvalue weighted by molar-refractivity contribution is 4.90. The summed E-state index contributed by atoms with van der Waals surface area (Å²) in [7, 11) is 0. The van der Waals surface area contributed by atoms with Gasteiger partial charge >= 0.3 is 0 Å². The second-order valence-electron chi connectivity index (χ2n) is 4.72. The van der Waals surface area contributed by atoms with Crippen LogP contribution in [-0.2, 0) is 13.0 Å². The van der Waals surface area contributed by atoms with Crippen molar-refractivity contribution in [2.24, 2.45) is 5.92 Å². The summed E-state index contributed by atoms with van der Waals surface area (Å²) in [4.78, 5) is 0. The van der Waals surface area contributed by atoms with Crippen LogP contribution in [0.15, 0.2) is 0 Å². The SMILES string of the molecule is C1CNC(Cc2nnnn2CC2CC2)C1. The maximum Gasteiger partial charge on any atom is 0.152 e. The molecule has 1 atom stereocenters. The maximum absolute atomic E-state index is 4.12. The zero-order valence-electron chi connectivity index (χ0n) is 8.89. The molecule has 1 saturated carbocycles. The first-order valence-corrected chi connectivity index (χ1v) is 5.90. The summed E-state index contributed by atoms with van der Waals surface area (Å²) >= 11 is 0. The van der Waals surface area contributed by atoms with Crippen molar-refractivity contribution in [2.75, 3.05) is 6.54 Å². The molecule has 1 N–H and O–H groups in total. The fourth-order valence-corrected chi connectivity index (χ4v) is 2.21. The summed E-state index contributed by atoms with van der Waals surface area (Å²) in [6.45, 7) is 2.17. The van der Waals surface area contributed by atoms with Gasteiger partial charge in [-0.1, -0.05) is 0 Å². The molecule has 1 saturated heterocycles. The van der Waals surface area contributed by atoms with Crippen molar-refractivity contribution < 1.29 is 0 Å². The van der Waals surface area contributed by atoms with E-state index >= 15 is 0 Å². The smallest absolute Gasteiger partial charge is 0.152 e. The normalized spacial score (nSPS) is 26.0. The minimum absolute atomic E-state index is 0.592. The lowest BCUT2D eigenvalue weighted by atomic mass is 10.1. The number of nitrogens with zero attached hydrogens (tertiary/aromatic N) is 4. The Kier molecular flexibility index (Phi) is 2.40. The molecule has 2 heterocycles. The third-order valence-corrected chi connectivity index (χ3v) is 3.33. The Labute approximate surface area is 89.2 Å². The van der Waals surface area contributed by atoms with Gasteiger partial charge in [-0.2, -0.15) is 0 Å². The highest BCUT2D eigenvalue weighted by atomic mass is 15.5. The number of rotatable bonds is 4. The number of tetrazole rings is 1. The average molecular weight is 207 g/mol. The molecule has 0 amide bonds. The van der Waals surface area contributed by atoms with Gasteiger partial charge in [0.15, 0.2) is 5.82 Å². The quantitative estimate of drug-likeness (QED) is 0.775. The Morgan fingerprint density at radius 3 is 3.00 bits per heavy atom. The van der Waals surface area contributed by atoms with E-state index in [1.54, 1.807) is 0 Å².